The van der Waals surface area contributed by atoms with Gasteiger partial charge in [0.15, 0.2) is 0 Å². The topological polar surface area (TPSA) is 119 Å². The number of aromatic nitrogens is 1. The van der Waals surface area contributed by atoms with Gasteiger partial charge in [0, 0.05) is 56.4 Å². The summed E-state index contributed by atoms with van der Waals surface area (Å²) in [5.41, 5.74) is 1.26. The van der Waals surface area contributed by atoms with Crippen LogP contribution in [-0.4, -0.2) is 73.2 Å². The van der Waals surface area contributed by atoms with E-state index in [9.17, 15) is 14.4 Å². The van der Waals surface area contributed by atoms with Crippen LogP contribution in [0.3, 0.4) is 0 Å². The summed E-state index contributed by atoms with van der Waals surface area (Å²) in [6.45, 7) is 6.86. The number of ether oxygens (including phenoxy) is 3. The zero-order valence-electron chi connectivity index (χ0n) is 21.3. The van der Waals surface area contributed by atoms with Crippen molar-refractivity contribution in [1.29, 1.82) is 0 Å². The molecule has 0 aromatic carbocycles. The van der Waals surface area contributed by atoms with Crippen LogP contribution in [-0.2, 0) is 31.8 Å². The number of hydrogen-bond donors (Lipinski definition) is 2. The van der Waals surface area contributed by atoms with Gasteiger partial charge in [-0.25, -0.2) is 14.6 Å². The van der Waals surface area contributed by atoms with E-state index in [4.69, 9.17) is 14.5 Å². The van der Waals surface area contributed by atoms with Crippen molar-refractivity contribution in [3.8, 4) is 0 Å². The molecule has 3 heterocycles. The van der Waals surface area contributed by atoms with Crippen LogP contribution in [0.5, 0.6) is 0 Å². The molecule has 1 aliphatic carbocycles. The molecule has 200 valence electrons. The van der Waals surface area contributed by atoms with Crippen molar-refractivity contribution in [2.45, 2.75) is 83.5 Å². The van der Waals surface area contributed by atoms with Gasteiger partial charge < -0.3 is 29.7 Å². The molecule has 2 amide bonds. The highest BCUT2D eigenvalue weighted by molar-refractivity contribution is 7.11. The predicted octanol–water partition coefficient (Wildman–Crippen LogP) is 3.34. The number of carbonyl (C=O) groups is 3. The van der Waals surface area contributed by atoms with Gasteiger partial charge in [-0.15, -0.1) is 11.3 Å². The highest BCUT2D eigenvalue weighted by Crippen LogP contribution is 2.34. The van der Waals surface area contributed by atoms with E-state index in [0.29, 0.717) is 31.6 Å². The zero-order chi connectivity index (χ0) is 25.5. The van der Waals surface area contributed by atoms with Crippen LogP contribution in [0, 0.1) is 5.92 Å². The van der Waals surface area contributed by atoms with Gasteiger partial charge in [-0.2, -0.15) is 0 Å². The standard InChI is InChI=1S/C25H38N4O6S/c1-3-33-25(32)35-16(2)34-23(30)18-4-6-19(7-5-18)27-24(31)29-14-10-17(11-15-29)22-28-20-8-12-26-13-9-21(20)36-22/h16-19,26H,3-15H2,1-2H3,(H,27,31)/t16?,18-,19-. The van der Waals surface area contributed by atoms with Gasteiger partial charge in [-0.1, -0.05) is 0 Å². The molecule has 1 unspecified atom stereocenters. The number of thiazole rings is 1. The van der Waals surface area contributed by atoms with Crippen molar-refractivity contribution in [2.24, 2.45) is 5.92 Å². The highest BCUT2D eigenvalue weighted by atomic mass is 32.1. The van der Waals surface area contributed by atoms with E-state index < -0.39 is 12.4 Å². The van der Waals surface area contributed by atoms with E-state index in [1.165, 1.54) is 22.5 Å². The number of nitrogens with one attached hydrogen (secondary N) is 2. The Morgan fingerprint density at radius 3 is 2.53 bits per heavy atom. The second-order valence-corrected chi connectivity index (χ2v) is 10.9. The molecule has 10 nitrogen and oxygen atoms in total. The van der Waals surface area contributed by atoms with Crippen LogP contribution in [0.15, 0.2) is 0 Å². The van der Waals surface area contributed by atoms with E-state index in [2.05, 4.69) is 15.4 Å². The van der Waals surface area contributed by atoms with Crippen LogP contribution < -0.4 is 10.6 Å². The number of nitrogens with zero attached hydrogens (tertiary/aromatic N) is 2. The van der Waals surface area contributed by atoms with Gasteiger partial charge in [0.2, 0.25) is 6.29 Å². The number of esters is 1. The van der Waals surface area contributed by atoms with E-state index in [-0.39, 0.29) is 30.6 Å². The minimum Gasteiger partial charge on any atom is -0.435 e. The summed E-state index contributed by atoms with van der Waals surface area (Å²) < 4.78 is 14.8. The summed E-state index contributed by atoms with van der Waals surface area (Å²) in [5, 5.41) is 7.83. The Balaban J connectivity index is 1.16. The Kier molecular flexibility index (Phi) is 9.41. The highest BCUT2D eigenvalue weighted by Gasteiger charge is 2.32. The molecule has 2 N–H and O–H groups in total. The Hall–Kier alpha value is -2.40. The number of rotatable bonds is 6. The van der Waals surface area contributed by atoms with Crippen LogP contribution in [0.4, 0.5) is 9.59 Å². The lowest BCUT2D eigenvalue weighted by Gasteiger charge is -2.34. The van der Waals surface area contributed by atoms with Crippen molar-refractivity contribution in [1.82, 2.24) is 20.5 Å². The first kappa shape index (κ1) is 26.7. The molecule has 1 saturated carbocycles. The first-order chi connectivity index (χ1) is 17.4. The average Bonchev–Trinajstić information content (AvgIpc) is 3.14. The summed E-state index contributed by atoms with van der Waals surface area (Å²) in [5.74, 6) is -0.198. The number of amides is 2. The molecule has 1 atom stereocenters. The van der Waals surface area contributed by atoms with Gasteiger partial charge in [0.25, 0.3) is 0 Å². The SMILES string of the molecule is CCOC(=O)OC(C)OC(=O)[C@H]1CC[C@H](NC(=O)N2CCC(c3nc4c(s3)CCNCC4)CC2)CC1. The number of urea groups is 1. The minimum absolute atomic E-state index is 0.0167. The van der Waals surface area contributed by atoms with Crippen molar-refractivity contribution >= 4 is 29.5 Å². The van der Waals surface area contributed by atoms with Crippen molar-refractivity contribution in [2.75, 3.05) is 32.8 Å². The van der Waals surface area contributed by atoms with Crippen molar-refractivity contribution in [3.63, 3.8) is 0 Å². The molecule has 11 heteroatoms. The molecule has 1 aromatic heterocycles. The smallest absolute Gasteiger partial charge is 0.435 e. The molecule has 3 aliphatic rings. The maximum atomic E-state index is 12.9. The lowest BCUT2D eigenvalue weighted by atomic mass is 9.86. The predicted molar refractivity (Wildman–Crippen MR) is 134 cm³/mol. The van der Waals surface area contributed by atoms with Gasteiger partial charge in [0.1, 0.15) is 0 Å². The molecule has 4 rings (SSSR count). The second-order valence-electron chi connectivity index (χ2n) is 9.74. The van der Waals surface area contributed by atoms with Crippen LogP contribution in [0.25, 0.3) is 0 Å². The fourth-order valence-corrected chi connectivity index (χ4v) is 6.42. The molecule has 2 aliphatic heterocycles. The van der Waals surface area contributed by atoms with Crippen molar-refractivity contribution < 1.29 is 28.6 Å². The summed E-state index contributed by atoms with van der Waals surface area (Å²) >= 11 is 1.87. The Morgan fingerprint density at radius 1 is 1.08 bits per heavy atom. The van der Waals surface area contributed by atoms with Crippen molar-refractivity contribution in [3.05, 3.63) is 15.6 Å². The normalized spacial score (nSPS) is 23.7. The fraction of sp³-hybridized carbons (Fsp3) is 0.760. The van der Waals surface area contributed by atoms with Crippen LogP contribution in [0.1, 0.15) is 73.9 Å². The van der Waals surface area contributed by atoms with E-state index in [1.54, 1.807) is 6.92 Å². The molecule has 2 fully saturated rings. The molecule has 1 saturated heterocycles. The molecule has 0 spiro atoms. The van der Waals surface area contributed by atoms with Gasteiger partial charge in [-0.3, -0.25) is 4.79 Å². The van der Waals surface area contributed by atoms with Gasteiger partial charge >= 0.3 is 18.2 Å². The Morgan fingerprint density at radius 2 is 1.81 bits per heavy atom. The fourth-order valence-electron chi connectivity index (χ4n) is 5.14. The third kappa shape index (κ3) is 7.09. The molecule has 1 aromatic rings. The molecule has 0 radical (unpaired) electrons. The van der Waals surface area contributed by atoms with Gasteiger partial charge in [0.05, 0.1) is 23.2 Å². The zero-order valence-corrected chi connectivity index (χ0v) is 22.1. The number of carbonyl (C=O) groups excluding carboxylic acids is 3. The largest absolute Gasteiger partial charge is 0.511 e. The molecule has 0 bridgehead atoms. The maximum absolute atomic E-state index is 12.9. The molecular formula is C25H38N4O6S. The summed E-state index contributed by atoms with van der Waals surface area (Å²) in [7, 11) is 0. The molecular weight excluding hydrogens is 484 g/mol. The first-order valence-electron chi connectivity index (χ1n) is 13.2. The number of piperidine rings is 1. The monoisotopic (exact) mass is 522 g/mol. The summed E-state index contributed by atoms with van der Waals surface area (Å²) in [6, 6.07) is 0.0349. The van der Waals surface area contributed by atoms with Gasteiger partial charge in [-0.05, 0) is 51.9 Å². The first-order valence-corrected chi connectivity index (χ1v) is 14.0. The summed E-state index contributed by atoms with van der Waals surface area (Å²) in [4.78, 5) is 44.9. The average molecular weight is 523 g/mol. The van der Waals surface area contributed by atoms with E-state index in [0.717, 1.165) is 51.9 Å². The third-order valence-corrected chi connectivity index (χ3v) is 8.51. The Labute approximate surface area is 216 Å². The minimum atomic E-state index is -0.992. The maximum Gasteiger partial charge on any atom is 0.511 e. The number of likely N-dealkylation sites (tertiary alicyclic amines) is 1. The number of hydrogen-bond acceptors (Lipinski definition) is 9. The Bertz CT molecular complexity index is 885. The van der Waals surface area contributed by atoms with Crippen LogP contribution in [0.2, 0.25) is 0 Å². The molecule has 36 heavy (non-hydrogen) atoms. The summed E-state index contributed by atoms with van der Waals surface area (Å²) in [6.07, 6.45) is 4.81. The van der Waals surface area contributed by atoms with E-state index in [1.807, 2.05) is 16.2 Å². The second kappa shape index (κ2) is 12.7. The lowest BCUT2D eigenvalue weighted by molar-refractivity contribution is -0.173. The van der Waals surface area contributed by atoms with E-state index >= 15 is 0 Å². The lowest BCUT2D eigenvalue weighted by Crippen LogP contribution is -2.48. The quantitative estimate of drug-likeness (QED) is 0.431. The third-order valence-electron chi connectivity index (χ3n) is 7.19. The number of fused-ring (bicyclic) bond motifs is 1. The van der Waals surface area contributed by atoms with Crippen LogP contribution >= 0.6 is 11.3 Å².